The van der Waals surface area contributed by atoms with Gasteiger partial charge in [0.05, 0.1) is 12.9 Å². The van der Waals surface area contributed by atoms with Crippen LogP contribution in [-0.4, -0.2) is 41.9 Å². The molecule has 22 heavy (non-hydrogen) atoms. The Morgan fingerprint density at radius 3 is 2.77 bits per heavy atom. The maximum Gasteiger partial charge on any atom is 0.368 e. The van der Waals surface area contributed by atoms with Crippen molar-refractivity contribution in [2.24, 2.45) is 11.8 Å². The maximum absolute atomic E-state index is 12.5. The lowest BCUT2D eigenvalue weighted by atomic mass is 9.81. The van der Waals surface area contributed by atoms with E-state index >= 15 is 0 Å². The Balaban J connectivity index is 2.06. The third kappa shape index (κ3) is 1.81. The number of likely N-dealkylation sites (tertiary alicyclic amines) is 1. The topological polar surface area (TPSA) is 93.4 Å². The molecular weight excluding hydrogens is 288 g/mol. The van der Waals surface area contributed by atoms with Gasteiger partial charge in [-0.05, 0) is 19.1 Å². The van der Waals surface area contributed by atoms with Crippen LogP contribution < -0.4 is 5.32 Å². The Morgan fingerprint density at radius 2 is 2.18 bits per heavy atom. The lowest BCUT2D eigenvalue weighted by molar-refractivity contribution is -0.732. The van der Waals surface area contributed by atoms with Crippen molar-refractivity contribution < 1.29 is 28.9 Å². The molecule has 0 aliphatic carbocycles. The molecule has 0 spiro atoms. The van der Waals surface area contributed by atoms with Crippen molar-refractivity contribution >= 4 is 17.8 Å². The highest BCUT2D eigenvalue weighted by Gasteiger charge is 2.70. The van der Waals surface area contributed by atoms with Gasteiger partial charge >= 0.3 is 5.97 Å². The van der Waals surface area contributed by atoms with Crippen molar-refractivity contribution in [3.05, 3.63) is 24.2 Å². The van der Waals surface area contributed by atoms with Crippen molar-refractivity contribution in [3.8, 4) is 0 Å². The Hall–Kier alpha value is -2.15. The third-order valence-electron chi connectivity index (χ3n) is 4.72. The van der Waals surface area contributed by atoms with Gasteiger partial charge in [-0.15, -0.1) is 0 Å². The molecule has 3 rings (SSSR count). The van der Waals surface area contributed by atoms with Gasteiger partial charge in [-0.1, -0.05) is 0 Å². The number of rotatable bonds is 3. The smallest absolute Gasteiger partial charge is 0.368 e. The summed E-state index contributed by atoms with van der Waals surface area (Å²) in [5.74, 6) is -1.86. The molecule has 2 N–H and O–H groups in total. The molecule has 0 bridgehead atoms. The molecule has 7 nitrogen and oxygen atoms in total. The molecule has 0 saturated carbocycles. The second-order valence-electron chi connectivity index (χ2n) is 5.95. The maximum atomic E-state index is 12.5. The largest absolute Gasteiger partial charge is 0.463 e. The van der Waals surface area contributed by atoms with E-state index < -0.39 is 29.4 Å². The van der Waals surface area contributed by atoms with Crippen LogP contribution in [0.3, 0.4) is 0 Å². The number of hydrogen-bond acceptors (Lipinski definition) is 5. The van der Waals surface area contributed by atoms with Crippen molar-refractivity contribution in [3.63, 3.8) is 0 Å². The number of quaternary nitrogens is 1. The number of fused-ring (bicyclic) bond motifs is 1. The molecule has 3 heterocycles. The number of carbonyl (C=O) groups excluding carboxylic acids is 3. The van der Waals surface area contributed by atoms with E-state index in [0.29, 0.717) is 5.76 Å². The molecule has 2 saturated heterocycles. The van der Waals surface area contributed by atoms with Gasteiger partial charge in [0.2, 0.25) is 17.4 Å². The summed E-state index contributed by atoms with van der Waals surface area (Å²) < 4.78 is 10.6. The second kappa shape index (κ2) is 4.95. The molecule has 0 unspecified atom stereocenters. The zero-order valence-electron chi connectivity index (χ0n) is 12.7. The molecule has 1 aromatic heterocycles. The van der Waals surface area contributed by atoms with Crippen LogP contribution in [0, 0.1) is 11.8 Å². The minimum absolute atomic E-state index is 0.225. The van der Waals surface area contributed by atoms with Crippen LogP contribution >= 0.6 is 0 Å². The first-order valence-corrected chi connectivity index (χ1v) is 7.30. The van der Waals surface area contributed by atoms with E-state index in [1.165, 1.54) is 13.3 Å². The first-order chi connectivity index (χ1) is 10.4. The van der Waals surface area contributed by atoms with Crippen LogP contribution in [0.1, 0.15) is 25.6 Å². The molecule has 0 radical (unpaired) electrons. The van der Waals surface area contributed by atoms with Gasteiger partial charge in [0.1, 0.15) is 11.8 Å². The van der Waals surface area contributed by atoms with Crippen LogP contribution in [-0.2, 0) is 19.1 Å². The van der Waals surface area contributed by atoms with Crippen molar-refractivity contribution in [2.45, 2.75) is 25.4 Å². The summed E-state index contributed by atoms with van der Waals surface area (Å²) in [5.41, 5.74) is -1.13. The van der Waals surface area contributed by atoms with E-state index in [0.717, 1.165) is 4.90 Å². The van der Waals surface area contributed by atoms with Gasteiger partial charge in [-0.3, -0.25) is 14.5 Å². The summed E-state index contributed by atoms with van der Waals surface area (Å²) in [4.78, 5) is 38.5. The monoisotopic (exact) mass is 307 g/mol. The van der Waals surface area contributed by atoms with E-state index in [4.69, 9.17) is 9.15 Å². The number of esters is 1. The summed E-state index contributed by atoms with van der Waals surface area (Å²) in [6.07, 6.45) is 1.52. The van der Waals surface area contributed by atoms with Crippen LogP contribution in [0.5, 0.6) is 0 Å². The van der Waals surface area contributed by atoms with E-state index in [1.807, 2.05) is 0 Å². The second-order valence-corrected chi connectivity index (χ2v) is 5.95. The molecule has 0 aromatic carbocycles. The highest BCUT2D eigenvalue weighted by atomic mass is 16.5. The Bertz CT molecular complexity index is 626. The van der Waals surface area contributed by atoms with E-state index in [1.54, 1.807) is 31.3 Å². The summed E-state index contributed by atoms with van der Waals surface area (Å²) in [5, 5.41) is 1.74. The van der Waals surface area contributed by atoms with E-state index in [9.17, 15) is 14.4 Å². The number of hydrogen-bond donors (Lipinski definition) is 1. The molecule has 2 amide bonds. The fourth-order valence-electron chi connectivity index (χ4n) is 3.63. The quantitative estimate of drug-likeness (QED) is 0.597. The molecule has 7 heteroatoms. The highest BCUT2D eigenvalue weighted by molar-refractivity contribution is 6.08. The van der Waals surface area contributed by atoms with Gasteiger partial charge < -0.3 is 14.5 Å². The first kappa shape index (κ1) is 14.8. The van der Waals surface area contributed by atoms with E-state index in [2.05, 4.69) is 0 Å². The van der Waals surface area contributed by atoms with Crippen molar-refractivity contribution in [1.29, 1.82) is 0 Å². The normalized spacial score (nSPS) is 34.1. The standard InChI is InChI=1S/C15H18N2O5/c1-4-21-14(20)15(2)10-9(12(18)17(3)13(10)19)11(16-15)8-6-5-7-22-8/h5-7,9-11,16H,4H2,1-3H3/p+1/t9-,10-,11-,15-/m0/s1. The average Bonchev–Trinajstić information content (AvgIpc) is 3.15. The van der Waals surface area contributed by atoms with E-state index in [-0.39, 0.29) is 18.4 Å². The number of nitrogens with zero attached hydrogens (tertiary/aromatic N) is 1. The Morgan fingerprint density at radius 1 is 1.45 bits per heavy atom. The number of furan rings is 1. The molecule has 4 atom stereocenters. The Labute approximate surface area is 127 Å². The number of ether oxygens (including phenoxy) is 1. The van der Waals surface area contributed by atoms with Crippen LogP contribution in [0.25, 0.3) is 0 Å². The molecule has 2 fully saturated rings. The Kier molecular flexibility index (Phi) is 3.32. The summed E-state index contributed by atoms with van der Waals surface area (Å²) in [6, 6.07) is 3.07. The van der Waals surface area contributed by atoms with Crippen molar-refractivity contribution in [1.82, 2.24) is 4.90 Å². The lowest BCUT2D eigenvalue weighted by Gasteiger charge is -2.24. The summed E-state index contributed by atoms with van der Waals surface area (Å²) in [7, 11) is 1.45. The molecule has 1 aromatic rings. The minimum atomic E-state index is -1.13. The molecular formula is C15H19N2O5+. The van der Waals surface area contributed by atoms with Gasteiger partial charge in [-0.25, -0.2) is 4.79 Å². The van der Waals surface area contributed by atoms with Crippen molar-refractivity contribution in [2.75, 3.05) is 13.7 Å². The molecule has 118 valence electrons. The van der Waals surface area contributed by atoms with Gasteiger partial charge in [0, 0.05) is 14.0 Å². The van der Waals surface area contributed by atoms with Crippen LogP contribution in [0.2, 0.25) is 0 Å². The minimum Gasteiger partial charge on any atom is -0.463 e. The lowest BCUT2D eigenvalue weighted by Crippen LogP contribution is -2.97. The van der Waals surface area contributed by atoms with Crippen LogP contribution in [0.4, 0.5) is 0 Å². The highest BCUT2D eigenvalue weighted by Crippen LogP contribution is 2.43. The number of imide groups is 1. The summed E-state index contributed by atoms with van der Waals surface area (Å²) in [6.45, 7) is 3.60. The average molecular weight is 307 g/mol. The first-order valence-electron chi connectivity index (χ1n) is 7.30. The van der Waals surface area contributed by atoms with Gasteiger partial charge in [-0.2, -0.15) is 0 Å². The number of amides is 2. The number of carbonyl (C=O) groups is 3. The molecule has 2 aliphatic heterocycles. The SMILES string of the molecule is CCOC(=O)[C@@]1(C)[NH2+][C@@H](c2ccco2)[C@H]2C(=O)N(C)C(=O)[C@H]21. The zero-order valence-corrected chi connectivity index (χ0v) is 12.7. The fraction of sp³-hybridized carbons (Fsp3) is 0.533. The predicted molar refractivity (Wildman–Crippen MR) is 73.2 cm³/mol. The van der Waals surface area contributed by atoms with Gasteiger partial charge in [0.25, 0.3) is 0 Å². The number of nitrogens with two attached hydrogens (primary N) is 1. The fourth-order valence-corrected chi connectivity index (χ4v) is 3.63. The van der Waals surface area contributed by atoms with Gasteiger partial charge in [0.15, 0.2) is 11.8 Å². The predicted octanol–water partition coefficient (Wildman–Crippen LogP) is -0.549. The zero-order chi connectivity index (χ0) is 16.1. The summed E-state index contributed by atoms with van der Waals surface area (Å²) >= 11 is 0. The molecule has 2 aliphatic rings. The third-order valence-corrected chi connectivity index (χ3v) is 4.72. The van der Waals surface area contributed by atoms with Crippen LogP contribution in [0.15, 0.2) is 22.8 Å².